The molecule has 1 nitrogen and oxygen atoms in total. The SMILES string of the molecule is Cc1cc(F)cc(C(=O)c2c(C)ccc3ccccc23)c1. The Morgan fingerprint density at radius 3 is 2.48 bits per heavy atom. The Balaban J connectivity index is 2.24. The minimum atomic E-state index is -0.378. The molecule has 0 aliphatic carbocycles. The summed E-state index contributed by atoms with van der Waals surface area (Å²) in [6.07, 6.45) is 0. The van der Waals surface area contributed by atoms with Gasteiger partial charge in [0.05, 0.1) is 0 Å². The highest BCUT2D eigenvalue weighted by Gasteiger charge is 2.16. The highest BCUT2D eigenvalue weighted by atomic mass is 19.1. The summed E-state index contributed by atoms with van der Waals surface area (Å²) in [6, 6.07) is 16.1. The van der Waals surface area contributed by atoms with Crippen molar-refractivity contribution in [2.75, 3.05) is 0 Å². The number of ketones is 1. The third kappa shape index (κ3) is 2.45. The van der Waals surface area contributed by atoms with Gasteiger partial charge in [-0.3, -0.25) is 4.79 Å². The Morgan fingerprint density at radius 2 is 1.71 bits per heavy atom. The summed E-state index contributed by atoms with van der Waals surface area (Å²) >= 11 is 0. The van der Waals surface area contributed by atoms with Crippen LogP contribution in [0.3, 0.4) is 0 Å². The van der Waals surface area contributed by atoms with E-state index in [-0.39, 0.29) is 11.6 Å². The summed E-state index contributed by atoms with van der Waals surface area (Å²) in [5, 5.41) is 1.92. The van der Waals surface area contributed by atoms with Crippen LogP contribution in [0.2, 0.25) is 0 Å². The first-order chi connectivity index (χ1) is 10.1. The molecule has 0 heterocycles. The van der Waals surface area contributed by atoms with Crippen LogP contribution in [0.15, 0.2) is 54.6 Å². The van der Waals surface area contributed by atoms with Crippen LogP contribution in [0.5, 0.6) is 0 Å². The van der Waals surface area contributed by atoms with Crippen molar-refractivity contribution in [1.29, 1.82) is 0 Å². The van der Waals surface area contributed by atoms with Crippen molar-refractivity contribution in [3.05, 3.63) is 82.7 Å². The van der Waals surface area contributed by atoms with Crippen molar-refractivity contribution in [1.82, 2.24) is 0 Å². The fourth-order valence-corrected chi connectivity index (χ4v) is 2.69. The first-order valence-corrected chi connectivity index (χ1v) is 6.86. The number of carbonyl (C=O) groups is 1. The normalized spacial score (nSPS) is 10.8. The lowest BCUT2D eigenvalue weighted by Crippen LogP contribution is -2.05. The van der Waals surface area contributed by atoms with Gasteiger partial charge >= 0.3 is 0 Å². The summed E-state index contributed by atoms with van der Waals surface area (Å²) in [7, 11) is 0. The second-order valence-corrected chi connectivity index (χ2v) is 5.32. The number of benzene rings is 3. The molecule has 0 atom stereocenters. The largest absolute Gasteiger partial charge is 0.289 e. The number of rotatable bonds is 2. The number of hydrogen-bond acceptors (Lipinski definition) is 1. The molecule has 3 aromatic rings. The molecule has 0 amide bonds. The van der Waals surface area contributed by atoms with Crippen LogP contribution in [0.1, 0.15) is 27.0 Å². The van der Waals surface area contributed by atoms with Gasteiger partial charge in [-0.25, -0.2) is 4.39 Å². The molecule has 0 spiro atoms. The van der Waals surface area contributed by atoms with E-state index in [4.69, 9.17) is 0 Å². The first-order valence-electron chi connectivity index (χ1n) is 6.86. The molecule has 0 N–H and O–H groups in total. The maximum Gasteiger partial charge on any atom is 0.194 e. The molecule has 0 fully saturated rings. The molecule has 0 bridgehead atoms. The fraction of sp³-hybridized carbons (Fsp3) is 0.105. The number of fused-ring (bicyclic) bond motifs is 1. The van der Waals surface area contributed by atoms with Crippen molar-refractivity contribution >= 4 is 16.6 Å². The van der Waals surface area contributed by atoms with E-state index in [1.807, 2.05) is 43.3 Å². The summed E-state index contributed by atoms with van der Waals surface area (Å²) in [6.45, 7) is 3.70. The van der Waals surface area contributed by atoms with Crippen molar-refractivity contribution in [3.63, 3.8) is 0 Å². The molecule has 21 heavy (non-hydrogen) atoms. The molecule has 0 radical (unpaired) electrons. The van der Waals surface area contributed by atoms with Crippen LogP contribution in [0, 0.1) is 19.7 Å². The quantitative estimate of drug-likeness (QED) is 0.614. The van der Waals surface area contributed by atoms with Crippen LogP contribution < -0.4 is 0 Å². The van der Waals surface area contributed by atoms with Crippen LogP contribution in [-0.4, -0.2) is 5.78 Å². The molecule has 0 aliphatic rings. The van der Waals surface area contributed by atoms with E-state index in [1.54, 1.807) is 13.0 Å². The van der Waals surface area contributed by atoms with Gasteiger partial charge in [0, 0.05) is 11.1 Å². The lowest BCUT2D eigenvalue weighted by molar-refractivity contribution is 0.103. The summed E-state index contributed by atoms with van der Waals surface area (Å²) in [5.41, 5.74) is 2.70. The van der Waals surface area contributed by atoms with Gasteiger partial charge in [-0.1, -0.05) is 36.4 Å². The minimum Gasteiger partial charge on any atom is -0.289 e. The first kappa shape index (κ1) is 13.5. The Labute approximate surface area is 123 Å². The van der Waals surface area contributed by atoms with Gasteiger partial charge in [-0.15, -0.1) is 0 Å². The van der Waals surface area contributed by atoms with Gasteiger partial charge in [0.2, 0.25) is 0 Å². The number of hydrogen-bond donors (Lipinski definition) is 0. The zero-order valence-corrected chi connectivity index (χ0v) is 12.0. The molecule has 0 saturated heterocycles. The van der Waals surface area contributed by atoms with E-state index in [1.165, 1.54) is 12.1 Å². The van der Waals surface area contributed by atoms with Crippen molar-refractivity contribution in [2.45, 2.75) is 13.8 Å². The third-order valence-electron chi connectivity index (χ3n) is 3.67. The average molecular weight is 278 g/mol. The fourth-order valence-electron chi connectivity index (χ4n) is 2.69. The maximum atomic E-state index is 13.6. The van der Waals surface area contributed by atoms with Gasteiger partial charge in [-0.05, 0) is 53.9 Å². The molecule has 0 aliphatic heterocycles. The van der Waals surface area contributed by atoms with E-state index >= 15 is 0 Å². The van der Waals surface area contributed by atoms with Crippen molar-refractivity contribution < 1.29 is 9.18 Å². The predicted octanol–water partition coefficient (Wildman–Crippen LogP) is 4.83. The Bertz CT molecular complexity index is 829. The molecule has 3 aromatic carbocycles. The molecule has 0 aromatic heterocycles. The monoisotopic (exact) mass is 278 g/mol. The number of aryl methyl sites for hydroxylation is 2. The van der Waals surface area contributed by atoms with Crippen molar-refractivity contribution in [2.24, 2.45) is 0 Å². The molecule has 2 heteroatoms. The molecule has 0 unspecified atom stereocenters. The van der Waals surface area contributed by atoms with E-state index in [2.05, 4.69) is 0 Å². The van der Waals surface area contributed by atoms with E-state index in [9.17, 15) is 9.18 Å². The van der Waals surface area contributed by atoms with Gasteiger partial charge < -0.3 is 0 Å². The van der Waals surface area contributed by atoms with Crippen LogP contribution >= 0.6 is 0 Å². The van der Waals surface area contributed by atoms with Gasteiger partial charge in [0.25, 0.3) is 0 Å². The van der Waals surface area contributed by atoms with E-state index in [0.717, 1.165) is 21.9 Å². The lowest BCUT2D eigenvalue weighted by atomic mass is 9.93. The summed E-state index contributed by atoms with van der Waals surface area (Å²) < 4.78 is 13.6. The zero-order valence-electron chi connectivity index (χ0n) is 12.0. The molecular weight excluding hydrogens is 263 g/mol. The molecule has 104 valence electrons. The van der Waals surface area contributed by atoms with Crippen LogP contribution in [-0.2, 0) is 0 Å². The second-order valence-electron chi connectivity index (χ2n) is 5.32. The smallest absolute Gasteiger partial charge is 0.194 e. The second kappa shape index (κ2) is 5.13. The standard InChI is InChI=1S/C19H15FO/c1-12-9-15(11-16(20)10-12)19(21)18-13(2)7-8-14-5-3-4-6-17(14)18/h3-11H,1-2H3. The summed E-state index contributed by atoms with van der Waals surface area (Å²) in [4.78, 5) is 12.8. The van der Waals surface area contributed by atoms with Crippen molar-refractivity contribution in [3.8, 4) is 0 Å². The van der Waals surface area contributed by atoms with Crippen LogP contribution in [0.4, 0.5) is 4.39 Å². The van der Waals surface area contributed by atoms with Crippen LogP contribution in [0.25, 0.3) is 10.8 Å². The molecule has 0 saturated carbocycles. The lowest BCUT2D eigenvalue weighted by Gasteiger charge is -2.10. The van der Waals surface area contributed by atoms with Gasteiger partial charge in [0.1, 0.15) is 5.82 Å². The Morgan fingerprint density at radius 1 is 0.952 bits per heavy atom. The Hall–Kier alpha value is -2.48. The highest BCUT2D eigenvalue weighted by Crippen LogP contribution is 2.25. The molecule has 3 rings (SSSR count). The third-order valence-corrected chi connectivity index (χ3v) is 3.67. The summed E-state index contributed by atoms with van der Waals surface area (Å²) in [5.74, 6) is -0.511. The van der Waals surface area contributed by atoms with Gasteiger partial charge in [-0.2, -0.15) is 0 Å². The minimum absolute atomic E-state index is 0.132. The Kier molecular flexibility index (Phi) is 3.30. The zero-order chi connectivity index (χ0) is 15.0. The predicted molar refractivity (Wildman–Crippen MR) is 83.3 cm³/mol. The van der Waals surface area contributed by atoms with E-state index < -0.39 is 0 Å². The van der Waals surface area contributed by atoms with Gasteiger partial charge in [0.15, 0.2) is 5.78 Å². The number of carbonyl (C=O) groups excluding carboxylic acids is 1. The number of halogens is 1. The molecular formula is C19H15FO. The van der Waals surface area contributed by atoms with E-state index in [0.29, 0.717) is 11.1 Å². The topological polar surface area (TPSA) is 17.1 Å². The maximum absolute atomic E-state index is 13.6. The average Bonchev–Trinajstić information content (AvgIpc) is 2.45. The highest BCUT2D eigenvalue weighted by molar-refractivity contribution is 6.17.